The lowest BCUT2D eigenvalue weighted by atomic mass is 9.94. The fourth-order valence-corrected chi connectivity index (χ4v) is 3.32. The molecule has 0 atom stereocenters. The molecule has 2 aromatic carbocycles. The highest BCUT2D eigenvalue weighted by molar-refractivity contribution is 6.08. The minimum absolute atomic E-state index is 0.148. The highest BCUT2D eigenvalue weighted by atomic mass is 16.5. The molecule has 0 unspecified atom stereocenters. The zero-order valence-corrected chi connectivity index (χ0v) is 15.3. The molecule has 0 saturated carbocycles. The third-order valence-corrected chi connectivity index (χ3v) is 4.95. The van der Waals surface area contributed by atoms with Gasteiger partial charge in [-0.1, -0.05) is 55.8 Å². The number of carbonyl (C=O) groups excluding carboxylic acids is 1. The summed E-state index contributed by atoms with van der Waals surface area (Å²) < 4.78 is 5.29. The summed E-state index contributed by atoms with van der Waals surface area (Å²) in [6.45, 7) is 3.48. The van der Waals surface area contributed by atoms with Gasteiger partial charge in [0.15, 0.2) is 0 Å². The van der Waals surface area contributed by atoms with Gasteiger partial charge in [0.05, 0.1) is 5.60 Å². The quantitative estimate of drug-likeness (QED) is 0.827. The van der Waals surface area contributed by atoms with Gasteiger partial charge in [-0.15, -0.1) is 0 Å². The van der Waals surface area contributed by atoms with Crippen LogP contribution in [0.15, 0.2) is 42.5 Å². The van der Waals surface area contributed by atoms with Gasteiger partial charge in [-0.3, -0.25) is 4.79 Å². The van der Waals surface area contributed by atoms with E-state index >= 15 is 0 Å². The molecular weight excluding hydrogens is 326 g/mol. The van der Waals surface area contributed by atoms with Crippen LogP contribution in [0.3, 0.4) is 0 Å². The normalized spacial score (nSPS) is 16.8. The summed E-state index contributed by atoms with van der Waals surface area (Å²) in [6, 6.07) is 11.8. The van der Waals surface area contributed by atoms with Crippen molar-refractivity contribution in [2.24, 2.45) is 0 Å². The van der Waals surface area contributed by atoms with Crippen molar-refractivity contribution in [3.8, 4) is 0 Å². The van der Waals surface area contributed by atoms with Gasteiger partial charge < -0.3 is 15.2 Å². The Bertz CT molecular complexity index is 791. The van der Waals surface area contributed by atoms with Crippen molar-refractivity contribution in [1.82, 2.24) is 5.32 Å². The highest BCUT2D eigenvalue weighted by Gasteiger charge is 2.30. The number of aliphatic hydroxyl groups is 1. The summed E-state index contributed by atoms with van der Waals surface area (Å²) in [5.74, 6) is -0.148. The first kappa shape index (κ1) is 18.6. The van der Waals surface area contributed by atoms with Gasteiger partial charge in [-0.2, -0.15) is 0 Å². The number of unbranched alkanes of at least 4 members (excludes halogenated alkanes) is 1. The minimum atomic E-state index is -0.869. The van der Waals surface area contributed by atoms with Crippen molar-refractivity contribution < 1.29 is 14.6 Å². The lowest BCUT2D eigenvalue weighted by molar-refractivity contribution is -0.0605. The smallest absolute Gasteiger partial charge is 0.252 e. The first-order chi connectivity index (χ1) is 12.6. The van der Waals surface area contributed by atoms with E-state index in [2.05, 4.69) is 30.5 Å². The number of amides is 1. The van der Waals surface area contributed by atoms with E-state index in [1.807, 2.05) is 30.3 Å². The molecule has 1 heterocycles. The molecule has 138 valence electrons. The number of hydrogen-bond acceptors (Lipinski definition) is 3. The lowest BCUT2D eigenvalue weighted by Gasteiger charge is -2.32. The van der Waals surface area contributed by atoms with Gasteiger partial charge in [-0.05, 0) is 28.8 Å². The monoisotopic (exact) mass is 353 g/mol. The van der Waals surface area contributed by atoms with Crippen LogP contribution in [0.5, 0.6) is 0 Å². The Morgan fingerprint density at radius 3 is 2.69 bits per heavy atom. The van der Waals surface area contributed by atoms with Crippen LogP contribution in [0, 0.1) is 0 Å². The van der Waals surface area contributed by atoms with Crippen molar-refractivity contribution in [1.29, 1.82) is 0 Å². The fraction of sp³-hybridized carbons (Fsp3) is 0.409. The van der Waals surface area contributed by atoms with Gasteiger partial charge >= 0.3 is 0 Å². The van der Waals surface area contributed by atoms with Gasteiger partial charge in [0.1, 0.15) is 0 Å². The van der Waals surface area contributed by atoms with Crippen LogP contribution in [-0.2, 0) is 4.74 Å². The Morgan fingerprint density at radius 1 is 1.19 bits per heavy atom. The van der Waals surface area contributed by atoms with Crippen LogP contribution in [0.25, 0.3) is 16.8 Å². The summed E-state index contributed by atoms with van der Waals surface area (Å²) in [5.41, 5.74) is 0.893. The molecule has 0 radical (unpaired) electrons. The molecule has 0 bridgehead atoms. The summed E-state index contributed by atoms with van der Waals surface area (Å²) >= 11 is 0. The van der Waals surface area contributed by atoms with Crippen molar-refractivity contribution >= 4 is 22.8 Å². The van der Waals surface area contributed by atoms with Crippen LogP contribution >= 0.6 is 0 Å². The number of hydrogen-bond donors (Lipinski definition) is 2. The first-order valence-electron chi connectivity index (χ1n) is 9.39. The fourth-order valence-electron chi connectivity index (χ4n) is 3.32. The molecule has 0 aliphatic carbocycles. The molecule has 1 aliphatic rings. The molecule has 2 aromatic rings. The van der Waals surface area contributed by atoms with Crippen LogP contribution in [0.2, 0.25) is 0 Å². The maximum Gasteiger partial charge on any atom is 0.252 e. The van der Waals surface area contributed by atoms with E-state index in [4.69, 9.17) is 4.74 Å². The van der Waals surface area contributed by atoms with E-state index in [0.29, 0.717) is 31.6 Å². The highest BCUT2D eigenvalue weighted by Crippen LogP contribution is 2.24. The predicted molar refractivity (Wildman–Crippen MR) is 105 cm³/mol. The van der Waals surface area contributed by atoms with Crippen LogP contribution in [0.4, 0.5) is 0 Å². The van der Waals surface area contributed by atoms with Gasteiger partial charge in [0.2, 0.25) is 0 Å². The molecule has 1 amide bonds. The molecule has 0 aromatic heterocycles. The third-order valence-electron chi connectivity index (χ3n) is 4.95. The Hall–Kier alpha value is -2.17. The molecule has 3 rings (SSSR count). The molecular formula is C22H27NO3. The largest absolute Gasteiger partial charge is 0.388 e. The van der Waals surface area contributed by atoms with E-state index in [1.54, 1.807) is 0 Å². The van der Waals surface area contributed by atoms with Crippen molar-refractivity contribution in [2.45, 2.75) is 38.2 Å². The summed E-state index contributed by atoms with van der Waals surface area (Å²) in [5, 5.41) is 15.5. The second-order valence-electron chi connectivity index (χ2n) is 6.96. The van der Waals surface area contributed by atoms with E-state index < -0.39 is 5.60 Å². The third kappa shape index (κ3) is 4.32. The predicted octanol–water partition coefficient (Wildman–Crippen LogP) is 3.92. The number of carbonyl (C=O) groups is 1. The zero-order chi connectivity index (χ0) is 18.4. The average Bonchev–Trinajstić information content (AvgIpc) is 2.67. The SMILES string of the molecule is CCC/C=C/c1cccc2c(C(=O)NCC3(O)CCOCC3)cccc12. The molecule has 1 fully saturated rings. The standard InChI is InChI=1S/C22H27NO3/c1-2-3-4-7-17-8-5-10-19-18(17)9-6-11-20(19)21(24)23-16-22(25)12-14-26-15-13-22/h4-11,25H,2-3,12-16H2,1H3,(H,23,24)/b7-4+. The summed E-state index contributed by atoms with van der Waals surface area (Å²) in [4.78, 5) is 12.7. The Balaban J connectivity index is 1.81. The first-order valence-corrected chi connectivity index (χ1v) is 9.39. The average molecular weight is 353 g/mol. The van der Waals surface area contributed by atoms with Crippen LogP contribution in [0.1, 0.15) is 48.5 Å². The van der Waals surface area contributed by atoms with E-state index in [0.717, 1.165) is 29.2 Å². The minimum Gasteiger partial charge on any atom is -0.388 e. The Labute approximate surface area is 154 Å². The van der Waals surface area contributed by atoms with Crippen molar-refractivity contribution in [2.75, 3.05) is 19.8 Å². The van der Waals surface area contributed by atoms with E-state index in [9.17, 15) is 9.90 Å². The van der Waals surface area contributed by atoms with E-state index in [1.165, 1.54) is 0 Å². The Kier molecular flexibility index (Phi) is 6.07. The number of nitrogens with one attached hydrogen (secondary N) is 1. The number of allylic oxidation sites excluding steroid dienone is 1. The molecule has 1 saturated heterocycles. The van der Waals surface area contributed by atoms with Crippen molar-refractivity contribution in [3.05, 3.63) is 53.6 Å². The van der Waals surface area contributed by atoms with Gasteiger partial charge in [-0.25, -0.2) is 0 Å². The lowest BCUT2D eigenvalue weighted by Crippen LogP contribution is -2.46. The molecule has 26 heavy (non-hydrogen) atoms. The van der Waals surface area contributed by atoms with Crippen LogP contribution < -0.4 is 5.32 Å². The van der Waals surface area contributed by atoms with Gasteiger partial charge in [0.25, 0.3) is 5.91 Å². The maximum atomic E-state index is 12.7. The molecule has 1 aliphatic heterocycles. The number of ether oxygens (including phenoxy) is 1. The van der Waals surface area contributed by atoms with Gasteiger partial charge in [0, 0.05) is 38.2 Å². The topological polar surface area (TPSA) is 58.6 Å². The zero-order valence-electron chi connectivity index (χ0n) is 15.3. The molecule has 0 spiro atoms. The van der Waals surface area contributed by atoms with Crippen LogP contribution in [-0.4, -0.2) is 36.4 Å². The van der Waals surface area contributed by atoms with Crippen molar-refractivity contribution in [3.63, 3.8) is 0 Å². The maximum absolute atomic E-state index is 12.7. The summed E-state index contributed by atoms with van der Waals surface area (Å²) in [7, 11) is 0. The Morgan fingerprint density at radius 2 is 1.92 bits per heavy atom. The number of fused-ring (bicyclic) bond motifs is 1. The second-order valence-corrected chi connectivity index (χ2v) is 6.96. The second kappa shape index (κ2) is 8.47. The number of benzene rings is 2. The molecule has 4 heteroatoms. The van der Waals surface area contributed by atoms with E-state index in [-0.39, 0.29) is 12.5 Å². The summed E-state index contributed by atoms with van der Waals surface area (Å²) in [6.07, 6.45) is 7.55. The molecule has 4 nitrogen and oxygen atoms in total. The molecule has 2 N–H and O–H groups in total. The number of rotatable bonds is 6.